The molecular formula is C11H12N2O. The molecule has 0 amide bonds. The van der Waals surface area contributed by atoms with Gasteiger partial charge in [0.1, 0.15) is 0 Å². The highest BCUT2D eigenvalue weighted by Gasteiger charge is 2.08. The van der Waals surface area contributed by atoms with Gasteiger partial charge < -0.3 is 9.72 Å². The number of hydrogen-bond donors (Lipinski definition) is 1. The normalized spacial score (nSPS) is 10.6. The molecule has 0 aliphatic carbocycles. The fraction of sp³-hybridized carbons (Fsp3) is 0.182. The molecule has 0 spiro atoms. The highest BCUT2D eigenvalue weighted by molar-refractivity contribution is 5.97. The first-order valence-electron chi connectivity index (χ1n) is 4.57. The van der Waals surface area contributed by atoms with Crippen molar-refractivity contribution in [3.05, 3.63) is 42.2 Å². The van der Waals surface area contributed by atoms with Gasteiger partial charge in [0.05, 0.1) is 12.2 Å². The number of nitrogens with one attached hydrogen (secondary N) is 1. The van der Waals surface area contributed by atoms with Gasteiger partial charge in [-0.15, -0.1) is 0 Å². The molecule has 2 aromatic rings. The van der Waals surface area contributed by atoms with Crippen LogP contribution in [0.2, 0.25) is 0 Å². The molecule has 0 aliphatic heterocycles. The van der Waals surface area contributed by atoms with Crippen LogP contribution in [0.4, 0.5) is 0 Å². The van der Waals surface area contributed by atoms with Crippen molar-refractivity contribution in [1.29, 1.82) is 0 Å². The van der Waals surface area contributed by atoms with Crippen molar-refractivity contribution in [3.63, 3.8) is 0 Å². The molecule has 2 rings (SSSR count). The Morgan fingerprint density at radius 2 is 2.21 bits per heavy atom. The molecule has 0 saturated carbocycles. The molecule has 1 N–H and O–H groups in total. The zero-order valence-corrected chi connectivity index (χ0v) is 8.03. The number of pyridine rings is 1. The van der Waals surface area contributed by atoms with Gasteiger partial charge in [0, 0.05) is 11.7 Å². The predicted octanol–water partition coefficient (Wildman–Crippen LogP) is 1.34. The fourth-order valence-electron chi connectivity index (χ4n) is 1.53. The summed E-state index contributed by atoms with van der Waals surface area (Å²) in [6.45, 7) is 0.376. The second-order valence-electron chi connectivity index (χ2n) is 3.17. The minimum Gasteiger partial charge on any atom is -0.314 e. The third kappa shape index (κ3) is 1.42. The van der Waals surface area contributed by atoms with Crippen molar-refractivity contribution >= 4 is 11.3 Å². The van der Waals surface area contributed by atoms with Gasteiger partial charge in [0.2, 0.25) is 0 Å². The number of Topliss-reactive ketones (excluding diaryl/α,β-unsaturated/α-hetero) is 1. The van der Waals surface area contributed by atoms with Gasteiger partial charge in [-0.1, -0.05) is 6.07 Å². The summed E-state index contributed by atoms with van der Waals surface area (Å²) in [6, 6.07) is 9.67. The second-order valence-corrected chi connectivity index (χ2v) is 3.17. The van der Waals surface area contributed by atoms with Crippen molar-refractivity contribution in [2.24, 2.45) is 0 Å². The Balaban J connectivity index is 2.47. The van der Waals surface area contributed by atoms with E-state index in [0.717, 1.165) is 11.2 Å². The average molecular weight is 188 g/mol. The number of carbonyl (C=O) groups is 1. The average Bonchev–Trinajstić information content (AvgIpc) is 2.61. The van der Waals surface area contributed by atoms with E-state index in [-0.39, 0.29) is 5.78 Å². The highest BCUT2D eigenvalue weighted by Crippen LogP contribution is 2.09. The van der Waals surface area contributed by atoms with Crippen LogP contribution >= 0.6 is 0 Å². The van der Waals surface area contributed by atoms with E-state index in [0.29, 0.717) is 6.54 Å². The summed E-state index contributed by atoms with van der Waals surface area (Å²) < 4.78 is 1.90. The van der Waals surface area contributed by atoms with Crippen molar-refractivity contribution in [1.82, 2.24) is 9.72 Å². The molecule has 0 bridgehead atoms. The molecule has 0 saturated heterocycles. The highest BCUT2D eigenvalue weighted by atomic mass is 16.1. The number of rotatable bonds is 3. The van der Waals surface area contributed by atoms with E-state index in [1.54, 1.807) is 7.05 Å². The predicted molar refractivity (Wildman–Crippen MR) is 55.7 cm³/mol. The first kappa shape index (κ1) is 8.97. The van der Waals surface area contributed by atoms with E-state index in [2.05, 4.69) is 5.32 Å². The third-order valence-corrected chi connectivity index (χ3v) is 2.19. The van der Waals surface area contributed by atoms with E-state index in [1.807, 2.05) is 40.9 Å². The topological polar surface area (TPSA) is 33.5 Å². The fourth-order valence-corrected chi connectivity index (χ4v) is 1.53. The van der Waals surface area contributed by atoms with E-state index in [1.165, 1.54) is 0 Å². The van der Waals surface area contributed by atoms with Gasteiger partial charge in [-0.2, -0.15) is 0 Å². The standard InChI is InChI=1S/C11H12N2O/c1-12-8-11(14)10-6-5-9-4-2-3-7-13(9)10/h2-7,12H,8H2,1H3. The first-order chi connectivity index (χ1) is 6.83. The van der Waals surface area contributed by atoms with Crippen LogP contribution in [0.3, 0.4) is 0 Å². The van der Waals surface area contributed by atoms with Crippen LogP contribution in [0.5, 0.6) is 0 Å². The number of fused-ring (bicyclic) bond motifs is 1. The van der Waals surface area contributed by atoms with Gasteiger partial charge in [0.25, 0.3) is 0 Å². The van der Waals surface area contributed by atoms with Crippen molar-refractivity contribution in [2.75, 3.05) is 13.6 Å². The summed E-state index contributed by atoms with van der Waals surface area (Å²) in [5, 5.41) is 2.86. The number of hydrogen-bond acceptors (Lipinski definition) is 2. The molecule has 2 heterocycles. The molecule has 3 heteroatoms. The summed E-state index contributed by atoms with van der Waals surface area (Å²) >= 11 is 0. The van der Waals surface area contributed by atoms with Crippen LogP contribution < -0.4 is 5.32 Å². The number of nitrogens with zero attached hydrogens (tertiary/aromatic N) is 1. The van der Waals surface area contributed by atoms with Gasteiger partial charge in [-0.3, -0.25) is 4.79 Å². The zero-order valence-electron chi connectivity index (χ0n) is 8.03. The monoisotopic (exact) mass is 188 g/mol. The largest absolute Gasteiger partial charge is 0.314 e. The SMILES string of the molecule is CNCC(=O)c1ccc2ccccn12. The molecule has 3 nitrogen and oxygen atoms in total. The smallest absolute Gasteiger partial charge is 0.193 e. The summed E-state index contributed by atoms with van der Waals surface area (Å²) in [5.41, 5.74) is 1.78. The van der Waals surface area contributed by atoms with E-state index in [9.17, 15) is 4.79 Å². The Kier molecular flexibility index (Phi) is 2.33. The molecule has 14 heavy (non-hydrogen) atoms. The van der Waals surface area contributed by atoms with Crippen molar-refractivity contribution in [3.8, 4) is 0 Å². The van der Waals surface area contributed by atoms with E-state index in [4.69, 9.17) is 0 Å². The Morgan fingerprint density at radius 3 is 3.00 bits per heavy atom. The lowest BCUT2D eigenvalue weighted by atomic mass is 10.3. The van der Waals surface area contributed by atoms with Crippen LogP contribution in [0.25, 0.3) is 5.52 Å². The summed E-state index contributed by atoms with van der Waals surface area (Å²) in [6.07, 6.45) is 1.90. The van der Waals surface area contributed by atoms with Crippen molar-refractivity contribution in [2.45, 2.75) is 0 Å². The number of ketones is 1. The maximum Gasteiger partial charge on any atom is 0.193 e. The lowest BCUT2D eigenvalue weighted by molar-refractivity contribution is 0.0988. The van der Waals surface area contributed by atoms with E-state index < -0.39 is 0 Å². The molecular weight excluding hydrogens is 176 g/mol. The molecule has 0 aliphatic rings. The lowest BCUT2D eigenvalue weighted by Crippen LogP contribution is -2.19. The summed E-state index contributed by atoms with van der Waals surface area (Å²) in [7, 11) is 1.77. The minimum absolute atomic E-state index is 0.110. The van der Waals surface area contributed by atoms with Crippen LogP contribution in [-0.4, -0.2) is 23.8 Å². The Bertz CT molecular complexity index is 459. The van der Waals surface area contributed by atoms with Gasteiger partial charge in [-0.25, -0.2) is 0 Å². The van der Waals surface area contributed by atoms with Gasteiger partial charge >= 0.3 is 0 Å². The number of aromatic nitrogens is 1. The Labute approximate surface area is 82.4 Å². The summed E-state index contributed by atoms with van der Waals surface area (Å²) in [5.74, 6) is 0.110. The van der Waals surface area contributed by atoms with Crippen LogP contribution in [0.15, 0.2) is 36.5 Å². The van der Waals surface area contributed by atoms with E-state index >= 15 is 0 Å². The molecule has 0 atom stereocenters. The molecule has 2 aromatic heterocycles. The number of likely N-dealkylation sites (N-methyl/N-ethyl adjacent to an activating group) is 1. The van der Waals surface area contributed by atoms with Crippen LogP contribution in [0.1, 0.15) is 10.5 Å². The summed E-state index contributed by atoms with van der Waals surface area (Å²) in [4.78, 5) is 11.6. The zero-order chi connectivity index (χ0) is 9.97. The number of carbonyl (C=O) groups excluding carboxylic acids is 1. The van der Waals surface area contributed by atoms with Gasteiger partial charge in [0.15, 0.2) is 5.78 Å². The maximum atomic E-state index is 11.6. The Morgan fingerprint density at radius 1 is 1.36 bits per heavy atom. The Hall–Kier alpha value is -1.61. The van der Waals surface area contributed by atoms with Crippen LogP contribution in [0, 0.1) is 0 Å². The van der Waals surface area contributed by atoms with Gasteiger partial charge in [-0.05, 0) is 31.3 Å². The lowest BCUT2D eigenvalue weighted by Gasteiger charge is -2.00. The maximum absolute atomic E-state index is 11.6. The minimum atomic E-state index is 0.110. The first-order valence-corrected chi connectivity index (χ1v) is 4.57. The third-order valence-electron chi connectivity index (χ3n) is 2.19. The van der Waals surface area contributed by atoms with Crippen molar-refractivity contribution < 1.29 is 4.79 Å². The molecule has 0 unspecified atom stereocenters. The molecule has 72 valence electrons. The molecule has 0 fully saturated rings. The quantitative estimate of drug-likeness (QED) is 0.737. The molecule has 0 radical (unpaired) electrons. The second kappa shape index (κ2) is 3.64. The van der Waals surface area contributed by atoms with Crippen LogP contribution in [-0.2, 0) is 0 Å². The molecule has 0 aromatic carbocycles.